The summed E-state index contributed by atoms with van der Waals surface area (Å²) in [6, 6.07) is 57.2. The number of anilines is 3. The summed E-state index contributed by atoms with van der Waals surface area (Å²) >= 11 is 0. The number of aromatic nitrogens is 1. The summed E-state index contributed by atoms with van der Waals surface area (Å²) in [6.45, 7) is 4.99. The number of rotatable bonds is 4. The Hall–Kier alpha value is -5.84. The molecule has 2 aromatic heterocycles. The van der Waals surface area contributed by atoms with Crippen LogP contribution in [-0.4, -0.2) is 12.6 Å². The van der Waals surface area contributed by atoms with Gasteiger partial charge in [0.15, 0.2) is 0 Å². The van der Waals surface area contributed by atoms with Gasteiger partial charge in [-0.15, -0.1) is 0 Å². The predicted molar refractivity (Wildman–Crippen MR) is 205 cm³/mol. The number of benzene rings is 7. The van der Waals surface area contributed by atoms with Crippen molar-refractivity contribution in [3.8, 4) is 16.8 Å². The van der Waals surface area contributed by atoms with Gasteiger partial charge in [-0.05, 0) is 94.3 Å². The molecule has 10 rings (SSSR count). The van der Waals surface area contributed by atoms with Crippen molar-refractivity contribution >= 4 is 79.3 Å². The van der Waals surface area contributed by atoms with Crippen LogP contribution in [0.4, 0.5) is 17.1 Å². The molecule has 0 spiro atoms. The fourth-order valence-corrected chi connectivity index (χ4v) is 11.2. The molecule has 1 aliphatic heterocycles. The third-order valence-electron chi connectivity index (χ3n) is 10.4. The smallest absolute Gasteiger partial charge is 0.136 e. The van der Waals surface area contributed by atoms with Gasteiger partial charge in [0.1, 0.15) is 19.2 Å². The van der Waals surface area contributed by atoms with Crippen LogP contribution in [0.1, 0.15) is 0 Å². The Balaban J connectivity index is 1.19. The van der Waals surface area contributed by atoms with Gasteiger partial charge in [0.25, 0.3) is 0 Å². The zero-order valence-electron chi connectivity index (χ0n) is 26.8. The summed E-state index contributed by atoms with van der Waals surface area (Å²) in [7, 11) is -2.02. The predicted octanol–water partition coefficient (Wildman–Crippen LogP) is 11.0. The number of furan rings is 1. The van der Waals surface area contributed by atoms with Gasteiger partial charge < -0.3 is 13.9 Å². The SMILES string of the molecule is C[Si]1(C)c2cc(N(c3ccccc3)c3ccc4c(c3)c3ccccc3n4-c3ccccc3)ccc2-c2c1ccc1oc3ccccc3c21. The van der Waals surface area contributed by atoms with E-state index in [0.29, 0.717) is 0 Å². The molecule has 0 saturated carbocycles. The number of fused-ring (bicyclic) bond motifs is 10. The molecule has 3 heterocycles. The minimum atomic E-state index is -2.02. The fourth-order valence-electron chi connectivity index (χ4n) is 8.15. The molecular formula is C44H32N2OSi. The van der Waals surface area contributed by atoms with Crippen molar-refractivity contribution in [1.29, 1.82) is 0 Å². The Morgan fingerprint density at radius 2 is 1.17 bits per heavy atom. The van der Waals surface area contributed by atoms with Gasteiger partial charge in [-0.25, -0.2) is 0 Å². The van der Waals surface area contributed by atoms with E-state index >= 15 is 0 Å². The zero-order valence-corrected chi connectivity index (χ0v) is 27.8. The second-order valence-electron chi connectivity index (χ2n) is 13.4. The third-order valence-corrected chi connectivity index (χ3v) is 13.9. The summed E-state index contributed by atoms with van der Waals surface area (Å²) in [5.74, 6) is 0. The van der Waals surface area contributed by atoms with Crippen molar-refractivity contribution in [2.75, 3.05) is 4.90 Å². The lowest BCUT2D eigenvalue weighted by molar-refractivity contribution is 0.669. The van der Waals surface area contributed by atoms with E-state index in [0.717, 1.165) is 22.5 Å². The highest BCUT2D eigenvalue weighted by Crippen LogP contribution is 2.43. The maximum Gasteiger partial charge on any atom is 0.136 e. The number of nitrogens with zero attached hydrogens (tertiary/aromatic N) is 2. The first kappa shape index (κ1) is 27.3. The molecule has 1 aliphatic rings. The van der Waals surface area contributed by atoms with E-state index in [9.17, 15) is 0 Å². The molecule has 0 atom stereocenters. The molecule has 4 heteroatoms. The summed E-state index contributed by atoms with van der Waals surface area (Å²) in [5, 5.41) is 7.88. The van der Waals surface area contributed by atoms with E-state index in [2.05, 4.69) is 180 Å². The van der Waals surface area contributed by atoms with Crippen molar-refractivity contribution in [1.82, 2.24) is 4.57 Å². The van der Waals surface area contributed by atoms with Crippen molar-refractivity contribution in [3.63, 3.8) is 0 Å². The molecule has 0 fully saturated rings. The number of para-hydroxylation sites is 4. The molecule has 3 nitrogen and oxygen atoms in total. The first-order valence-corrected chi connectivity index (χ1v) is 19.6. The minimum Gasteiger partial charge on any atom is -0.456 e. The minimum absolute atomic E-state index is 0.949. The van der Waals surface area contributed by atoms with Crippen LogP contribution in [0, 0.1) is 0 Å². The first-order chi connectivity index (χ1) is 23.6. The Kier molecular flexibility index (Phi) is 5.73. The van der Waals surface area contributed by atoms with E-state index in [4.69, 9.17) is 4.42 Å². The van der Waals surface area contributed by atoms with Crippen LogP contribution in [-0.2, 0) is 0 Å². The van der Waals surface area contributed by atoms with Crippen LogP contribution < -0.4 is 15.3 Å². The lowest BCUT2D eigenvalue weighted by atomic mass is 9.99. The molecule has 0 N–H and O–H groups in total. The van der Waals surface area contributed by atoms with Crippen molar-refractivity contribution in [2.24, 2.45) is 0 Å². The molecule has 7 aromatic carbocycles. The van der Waals surface area contributed by atoms with E-state index in [-0.39, 0.29) is 0 Å². The first-order valence-electron chi connectivity index (χ1n) is 16.6. The van der Waals surface area contributed by atoms with Gasteiger partial charge in [0, 0.05) is 44.3 Å². The zero-order chi connectivity index (χ0) is 32.0. The van der Waals surface area contributed by atoms with Crippen LogP contribution in [0.15, 0.2) is 162 Å². The van der Waals surface area contributed by atoms with Gasteiger partial charge >= 0.3 is 0 Å². The van der Waals surface area contributed by atoms with E-state index < -0.39 is 8.07 Å². The van der Waals surface area contributed by atoms with E-state index in [1.54, 1.807) is 0 Å². The van der Waals surface area contributed by atoms with Crippen molar-refractivity contribution in [3.05, 3.63) is 158 Å². The monoisotopic (exact) mass is 632 g/mol. The van der Waals surface area contributed by atoms with Gasteiger partial charge in [-0.1, -0.05) is 98.0 Å². The van der Waals surface area contributed by atoms with Crippen LogP contribution in [0.5, 0.6) is 0 Å². The molecule has 0 saturated heterocycles. The molecule has 0 radical (unpaired) electrons. The van der Waals surface area contributed by atoms with Crippen LogP contribution in [0.3, 0.4) is 0 Å². The molecular weight excluding hydrogens is 601 g/mol. The largest absolute Gasteiger partial charge is 0.456 e. The lowest BCUT2D eigenvalue weighted by Gasteiger charge is -2.27. The standard InChI is InChI=1S/C44H32N2OSi/c1-48(2)41-26-25-40-43(34-18-10-12-20-39(34)47-40)44(41)35-23-21-32(28-42(35)48)45(29-13-5-3-6-14-29)31-22-24-38-36(27-31)33-17-9-11-19-37(33)46(38)30-15-7-4-8-16-30/h3-28H,1-2H3. The highest BCUT2D eigenvalue weighted by Gasteiger charge is 2.39. The topological polar surface area (TPSA) is 21.3 Å². The Morgan fingerprint density at radius 3 is 2.00 bits per heavy atom. The van der Waals surface area contributed by atoms with Crippen LogP contribution >= 0.6 is 0 Å². The Morgan fingerprint density at radius 1 is 0.500 bits per heavy atom. The van der Waals surface area contributed by atoms with Crippen LogP contribution in [0.25, 0.3) is 60.6 Å². The van der Waals surface area contributed by atoms with Gasteiger partial charge in [0.2, 0.25) is 0 Å². The second-order valence-corrected chi connectivity index (χ2v) is 17.7. The van der Waals surface area contributed by atoms with Gasteiger partial charge in [-0.3, -0.25) is 0 Å². The quantitative estimate of drug-likeness (QED) is 0.180. The molecule has 0 unspecified atom stereocenters. The highest BCUT2D eigenvalue weighted by atomic mass is 28.3. The summed E-state index contributed by atoms with van der Waals surface area (Å²) in [4.78, 5) is 2.42. The van der Waals surface area contributed by atoms with Crippen molar-refractivity contribution < 1.29 is 4.42 Å². The van der Waals surface area contributed by atoms with Gasteiger partial charge in [0.05, 0.1) is 11.0 Å². The summed E-state index contributed by atoms with van der Waals surface area (Å²) in [5.41, 5.74) is 11.7. The Bertz CT molecular complexity index is 2700. The fraction of sp³-hybridized carbons (Fsp3) is 0.0455. The highest BCUT2D eigenvalue weighted by molar-refractivity contribution is 7.04. The molecule has 9 aromatic rings. The van der Waals surface area contributed by atoms with Crippen LogP contribution in [0.2, 0.25) is 13.1 Å². The molecule has 0 amide bonds. The van der Waals surface area contributed by atoms with E-state index in [1.165, 1.54) is 65.5 Å². The van der Waals surface area contributed by atoms with Crippen molar-refractivity contribution in [2.45, 2.75) is 13.1 Å². The second kappa shape index (κ2) is 10.1. The van der Waals surface area contributed by atoms with Gasteiger partial charge in [-0.2, -0.15) is 0 Å². The lowest BCUT2D eigenvalue weighted by Crippen LogP contribution is -2.49. The normalized spacial score (nSPS) is 13.4. The maximum absolute atomic E-state index is 6.34. The molecule has 0 aliphatic carbocycles. The third kappa shape index (κ3) is 3.81. The molecule has 0 bridgehead atoms. The average molecular weight is 633 g/mol. The summed E-state index contributed by atoms with van der Waals surface area (Å²) in [6.07, 6.45) is 0. The van der Waals surface area contributed by atoms with E-state index in [1.807, 2.05) is 0 Å². The summed E-state index contributed by atoms with van der Waals surface area (Å²) < 4.78 is 8.72. The Labute approximate surface area is 279 Å². The number of hydrogen-bond donors (Lipinski definition) is 0. The maximum atomic E-state index is 6.34. The molecule has 228 valence electrons. The average Bonchev–Trinajstić information content (AvgIpc) is 3.75. The number of hydrogen-bond acceptors (Lipinski definition) is 2. The molecule has 48 heavy (non-hydrogen) atoms.